The van der Waals surface area contributed by atoms with Crippen molar-refractivity contribution in [3.8, 4) is 0 Å². The van der Waals surface area contributed by atoms with Crippen molar-refractivity contribution < 1.29 is 9.84 Å². The fourth-order valence-corrected chi connectivity index (χ4v) is 1.48. The van der Waals surface area contributed by atoms with Gasteiger partial charge < -0.3 is 9.84 Å². The van der Waals surface area contributed by atoms with E-state index in [1.807, 2.05) is 0 Å². The molecule has 0 amide bonds. The lowest BCUT2D eigenvalue weighted by molar-refractivity contribution is 0.0420. The maximum Gasteiger partial charge on any atom is 0.0632 e. The van der Waals surface area contributed by atoms with Crippen LogP contribution < -0.4 is 0 Å². The lowest BCUT2D eigenvalue weighted by atomic mass is 10.0. The number of aliphatic hydroxyl groups excluding tert-OH is 1. The summed E-state index contributed by atoms with van der Waals surface area (Å²) in [6, 6.07) is 0. The summed E-state index contributed by atoms with van der Waals surface area (Å²) in [7, 11) is 1.70. The van der Waals surface area contributed by atoms with E-state index >= 15 is 0 Å². The fourth-order valence-electron chi connectivity index (χ4n) is 1.48. The number of methoxy groups -OCH3 is 1. The van der Waals surface area contributed by atoms with Gasteiger partial charge in [0.15, 0.2) is 0 Å². The molecule has 0 radical (unpaired) electrons. The Morgan fingerprint density at radius 1 is 1.43 bits per heavy atom. The highest BCUT2D eigenvalue weighted by atomic mass is 16.5. The molecule has 0 aliphatic carbocycles. The van der Waals surface area contributed by atoms with E-state index in [4.69, 9.17) is 4.74 Å². The number of aliphatic hydroxyl groups is 1. The molecule has 0 spiro atoms. The molecule has 0 rings (SSSR count). The fraction of sp³-hybridized carbons (Fsp3) is 0.833. The summed E-state index contributed by atoms with van der Waals surface area (Å²) in [6.45, 7) is 8.13. The monoisotopic (exact) mass is 200 g/mol. The maximum absolute atomic E-state index is 9.63. The molecule has 14 heavy (non-hydrogen) atoms. The van der Waals surface area contributed by atoms with Crippen LogP contribution in [0.5, 0.6) is 0 Å². The quantitative estimate of drug-likeness (QED) is 0.610. The molecule has 2 heteroatoms. The molecule has 2 atom stereocenters. The molecule has 0 aliphatic rings. The zero-order valence-corrected chi connectivity index (χ0v) is 9.75. The van der Waals surface area contributed by atoms with Crippen molar-refractivity contribution in [2.24, 2.45) is 0 Å². The lowest BCUT2D eigenvalue weighted by Gasteiger charge is -2.19. The van der Waals surface area contributed by atoms with E-state index in [0.29, 0.717) is 0 Å². The first kappa shape index (κ1) is 13.7. The molecule has 0 fully saturated rings. The second-order valence-electron chi connectivity index (χ2n) is 3.84. The zero-order valence-electron chi connectivity index (χ0n) is 9.75. The van der Waals surface area contributed by atoms with Crippen molar-refractivity contribution >= 4 is 0 Å². The summed E-state index contributed by atoms with van der Waals surface area (Å²) in [4.78, 5) is 0. The smallest absolute Gasteiger partial charge is 0.0632 e. The second kappa shape index (κ2) is 8.01. The first-order valence-electron chi connectivity index (χ1n) is 5.51. The zero-order chi connectivity index (χ0) is 11.0. The lowest BCUT2D eigenvalue weighted by Crippen LogP contribution is -2.20. The number of ether oxygens (including phenoxy) is 1. The van der Waals surface area contributed by atoms with Crippen LogP contribution in [-0.4, -0.2) is 24.4 Å². The van der Waals surface area contributed by atoms with Gasteiger partial charge in [-0.25, -0.2) is 0 Å². The predicted octanol–water partition coefficient (Wildman–Crippen LogP) is 2.91. The average molecular weight is 200 g/mol. The van der Waals surface area contributed by atoms with Crippen molar-refractivity contribution in [2.75, 3.05) is 7.11 Å². The van der Waals surface area contributed by atoms with Gasteiger partial charge in [-0.3, -0.25) is 0 Å². The molecule has 0 saturated heterocycles. The van der Waals surface area contributed by atoms with Crippen LogP contribution in [0.2, 0.25) is 0 Å². The Labute approximate surface area is 88.0 Å². The third kappa shape index (κ3) is 6.17. The standard InChI is InChI=1S/C12H24O2/c1-5-7-11(13)9-12(14-4)8-10(3)6-2/h11-13H,3,5-9H2,1-2,4H3. The van der Waals surface area contributed by atoms with E-state index < -0.39 is 0 Å². The normalized spacial score (nSPS) is 15.1. The Morgan fingerprint density at radius 3 is 2.50 bits per heavy atom. The molecular weight excluding hydrogens is 176 g/mol. The highest BCUT2D eigenvalue weighted by Crippen LogP contribution is 2.15. The number of rotatable bonds is 8. The molecule has 0 saturated carbocycles. The van der Waals surface area contributed by atoms with Crippen LogP contribution in [0.1, 0.15) is 46.0 Å². The van der Waals surface area contributed by atoms with Crippen molar-refractivity contribution in [3.63, 3.8) is 0 Å². The highest BCUT2D eigenvalue weighted by Gasteiger charge is 2.13. The van der Waals surface area contributed by atoms with Crippen LogP contribution in [0, 0.1) is 0 Å². The Kier molecular flexibility index (Phi) is 7.81. The Morgan fingerprint density at radius 2 is 2.07 bits per heavy atom. The first-order chi connectivity index (χ1) is 6.63. The highest BCUT2D eigenvalue weighted by molar-refractivity contribution is 4.95. The molecule has 0 aliphatic heterocycles. The number of hydrogen-bond donors (Lipinski definition) is 1. The van der Waals surface area contributed by atoms with Crippen molar-refractivity contribution in [2.45, 2.75) is 58.2 Å². The van der Waals surface area contributed by atoms with Crippen molar-refractivity contribution in [1.82, 2.24) is 0 Å². The molecule has 2 unspecified atom stereocenters. The van der Waals surface area contributed by atoms with Gasteiger partial charge in [-0.2, -0.15) is 0 Å². The Balaban J connectivity index is 3.83. The van der Waals surface area contributed by atoms with E-state index in [9.17, 15) is 5.11 Å². The van der Waals surface area contributed by atoms with Gasteiger partial charge in [0.25, 0.3) is 0 Å². The van der Waals surface area contributed by atoms with E-state index in [1.54, 1.807) is 7.11 Å². The van der Waals surface area contributed by atoms with Gasteiger partial charge in [-0.05, 0) is 25.7 Å². The van der Waals surface area contributed by atoms with E-state index in [2.05, 4.69) is 20.4 Å². The summed E-state index contributed by atoms with van der Waals surface area (Å²) < 4.78 is 5.32. The number of hydrogen-bond acceptors (Lipinski definition) is 2. The topological polar surface area (TPSA) is 29.5 Å². The minimum atomic E-state index is -0.227. The van der Waals surface area contributed by atoms with Crippen LogP contribution in [0.3, 0.4) is 0 Å². The first-order valence-corrected chi connectivity index (χ1v) is 5.51. The molecule has 0 bridgehead atoms. The molecule has 0 aromatic carbocycles. The minimum absolute atomic E-state index is 0.129. The third-order valence-electron chi connectivity index (χ3n) is 2.51. The Bertz CT molecular complexity index is 154. The summed E-state index contributed by atoms with van der Waals surface area (Å²) in [6.07, 6.45) is 4.37. The minimum Gasteiger partial charge on any atom is -0.393 e. The van der Waals surface area contributed by atoms with Crippen LogP contribution >= 0.6 is 0 Å². The SMILES string of the molecule is C=C(CC)CC(CC(O)CCC)OC. The van der Waals surface area contributed by atoms with Gasteiger partial charge in [-0.15, -0.1) is 0 Å². The van der Waals surface area contributed by atoms with Crippen LogP contribution in [-0.2, 0) is 4.74 Å². The molecule has 0 aromatic heterocycles. The van der Waals surface area contributed by atoms with E-state index in [0.717, 1.165) is 32.1 Å². The van der Waals surface area contributed by atoms with E-state index in [1.165, 1.54) is 5.57 Å². The van der Waals surface area contributed by atoms with Crippen LogP contribution in [0.4, 0.5) is 0 Å². The van der Waals surface area contributed by atoms with Gasteiger partial charge in [0.1, 0.15) is 0 Å². The van der Waals surface area contributed by atoms with Crippen molar-refractivity contribution in [3.05, 3.63) is 12.2 Å². The van der Waals surface area contributed by atoms with Gasteiger partial charge in [-0.1, -0.05) is 32.4 Å². The van der Waals surface area contributed by atoms with Gasteiger partial charge in [0.2, 0.25) is 0 Å². The third-order valence-corrected chi connectivity index (χ3v) is 2.51. The van der Waals surface area contributed by atoms with Crippen LogP contribution in [0.25, 0.3) is 0 Å². The molecular formula is C12H24O2. The van der Waals surface area contributed by atoms with Crippen molar-refractivity contribution in [1.29, 1.82) is 0 Å². The molecule has 0 heterocycles. The predicted molar refractivity (Wildman–Crippen MR) is 60.4 cm³/mol. The van der Waals surface area contributed by atoms with Gasteiger partial charge in [0.05, 0.1) is 12.2 Å². The average Bonchev–Trinajstić information content (AvgIpc) is 2.16. The maximum atomic E-state index is 9.63. The molecule has 1 N–H and O–H groups in total. The molecule has 2 nitrogen and oxygen atoms in total. The Hall–Kier alpha value is -0.340. The van der Waals surface area contributed by atoms with Gasteiger partial charge >= 0.3 is 0 Å². The summed E-state index contributed by atoms with van der Waals surface area (Å²) in [5, 5.41) is 9.63. The summed E-state index contributed by atoms with van der Waals surface area (Å²) in [5.74, 6) is 0. The molecule has 0 aromatic rings. The summed E-state index contributed by atoms with van der Waals surface area (Å²) in [5.41, 5.74) is 1.19. The van der Waals surface area contributed by atoms with Gasteiger partial charge in [0, 0.05) is 7.11 Å². The largest absolute Gasteiger partial charge is 0.393 e. The second-order valence-corrected chi connectivity index (χ2v) is 3.84. The summed E-state index contributed by atoms with van der Waals surface area (Å²) >= 11 is 0. The van der Waals surface area contributed by atoms with E-state index in [-0.39, 0.29) is 12.2 Å². The van der Waals surface area contributed by atoms with Crippen LogP contribution in [0.15, 0.2) is 12.2 Å². The molecule has 84 valence electrons.